The number of benzene rings is 1. The fourth-order valence-electron chi connectivity index (χ4n) is 2.81. The quantitative estimate of drug-likeness (QED) is 0.773. The van der Waals surface area contributed by atoms with Gasteiger partial charge >= 0.3 is 5.97 Å². The lowest BCUT2D eigenvalue weighted by molar-refractivity contribution is -0.141. The Morgan fingerprint density at radius 2 is 2.15 bits per heavy atom. The van der Waals surface area contributed by atoms with Crippen LogP contribution < -0.4 is 10.1 Å². The number of hydrogen-bond donors (Lipinski definition) is 1. The minimum atomic E-state index is -0.195. The van der Waals surface area contributed by atoms with Gasteiger partial charge in [-0.05, 0) is 37.5 Å². The van der Waals surface area contributed by atoms with Crippen molar-refractivity contribution in [3.05, 3.63) is 53.7 Å². The van der Waals surface area contributed by atoms with Crippen molar-refractivity contribution in [3.8, 4) is 11.6 Å². The molecule has 0 radical (unpaired) electrons. The van der Waals surface area contributed by atoms with Crippen LogP contribution in [0, 0.1) is 12.8 Å². The number of pyridine rings is 1. The van der Waals surface area contributed by atoms with Gasteiger partial charge in [0.2, 0.25) is 11.8 Å². The van der Waals surface area contributed by atoms with Crippen molar-refractivity contribution in [3.63, 3.8) is 0 Å². The average Bonchev–Trinajstić information content (AvgIpc) is 3.06. The molecule has 0 aliphatic carbocycles. The summed E-state index contributed by atoms with van der Waals surface area (Å²) in [6.45, 7) is 2.75. The zero-order valence-electron chi connectivity index (χ0n) is 14.7. The lowest BCUT2D eigenvalue weighted by Crippen LogP contribution is -2.24. The highest BCUT2D eigenvalue weighted by atomic mass is 16.5. The van der Waals surface area contributed by atoms with E-state index < -0.39 is 0 Å². The van der Waals surface area contributed by atoms with Crippen molar-refractivity contribution in [2.24, 2.45) is 5.92 Å². The topological polar surface area (TPSA) is 77.5 Å². The first-order valence-corrected chi connectivity index (χ1v) is 8.74. The van der Waals surface area contributed by atoms with Gasteiger partial charge in [0.25, 0.3) is 0 Å². The molecule has 1 atom stereocenters. The SMILES string of the molecule is Cc1ccccc1Oc1ncccc1CNC(=O)CCC1CCOC1=O. The number of nitrogens with one attached hydrogen (secondary N) is 1. The molecule has 3 rings (SSSR count). The van der Waals surface area contributed by atoms with Gasteiger partial charge in [-0.25, -0.2) is 4.98 Å². The van der Waals surface area contributed by atoms with Crippen LogP contribution in [0.4, 0.5) is 0 Å². The number of carbonyl (C=O) groups excluding carboxylic acids is 2. The molecule has 1 fully saturated rings. The summed E-state index contributed by atoms with van der Waals surface area (Å²) in [6, 6.07) is 11.4. The summed E-state index contributed by atoms with van der Waals surface area (Å²) in [5.74, 6) is 0.758. The lowest BCUT2D eigenvalue weighted by atomic mass is 10.0. The van der Waals surface area contributed by atoms with Gasteiger partial charge in [-0.1, -0.05) is 24.3 Å². The standard InChI is InChI=1S/C20H22N2O4/c1-14-5-2-3-7-17(14)26-19-16(6-4-11-21-19)13-22-18(23)9-8-15-10-12-25-20(15)24/h2-7,11,15H,8-10,12-13H2,1H3,(H,22,23). The third-order valence-corrected chi connectivity index (χ3v) is 4.39. The normalized spacial score (nSPS) is 16.2. The Bertz CT molecular complexity index is 791. The third kappa shape index (κ3) is 4.59. The Balaban J connectivity index is 1.55. The molecule has 26 heavy (non-hydrogen) atoms. The largest absolute Gasteiger partial charge is 0.465 e. The van der Waals surface area contributed by atoms with E-state index in [0.29, 0.717) is 38.3 Å². The van der Waals surface area contributed by atoms with Crippen LogP contribution in [0.1, 0.15) is 30.4 Å². The van der Waals surface area contributed by atoms with E-state index in [1.165, 1.54) is 0 Å². The maximum atomic E-state index is 12.1. The van der Waals surface area contributed by atoms with Crippen LogP contribution in [-0.2, 0) is 20.9 Å². The third-order valence-electron chi connectivity index (χ3n) is 4.39. The van der Waals surface area contributed by atoms with Crippen LogP contribution in [0.15, 0.2) is 42.6 Å². The van der Waals surface area contributed by atoms with Crippen molar-refractivity contribution in [1.29, 1.82) is 0 Å². The molecule has 1 aromatic heterocycles. The summed E-state index contributed by atoms with van der Waals surface area (Å²) in [5, 5.41) is 2.87. The van der Waals surface area contributed by atoms with Crippen LogP contribution in [0.2, 0.25) is 0 Å². The molecule has 6 heteroatoms. The molecular weight excluding hydrogens is 332 g/mol. The second-order valence-corrected chi connectivity index (χ2v) is 6.30. The first-order valence-electron chi connectivity index (χ1n) is 8.74. The molecule has 6 nitrogen and oxygen atoms in total. The van der Waals surface area contributed by atoms with Crippen LogP contribution in [-0.4, -0.2) is 23.5 Å². The minimum absolute atomic E-state index is 0.101. The summed E-state index contributed by atoms with van der Waals surface area (Å²) < 4.78 is 10.8. The number of cyclic esters (lactones) is 1. The Morgan fingerprint density at radius 3 is 2.92 bits per heavy atom. The highest BCUT2D eigenvalue weighted by Gasteiger charge is 2.26. The molecule has 2 aromatic rings. The number of hydrogen-bond acceptors (Lipinski definition) is 5. The minimum Gasteiger partial charge on any atom is -0.465 e. The van der Waals surface area contributed by atoms with Gasteiger partial charge in [0, 0.05) is 24.7 Å². The molecule has 1 saturated heterocycles. The number of ether oxygens (including phenoxy) is 2. The monoisotopic (exact) mass is 354 g/mol. The molecule has 1 aliphatic rings. The summed E-state index contributed by atoms with van der Waals surface area (Å²) in [5.41, 5.74) is 1.81. The van der Waals surface area contributed by atoms with Crippen molar-refractivity contribution in [1.82, 2.24) is 10.3 Å². The average molecular weight is 354 g/mol. The number of para-hydroxylation sites is 1. The van der Waals surface area contributed by atoms with Gasteiger partial charge in [0.1, 0.15) is 5.75 Å². The number of nitrogens with zero attached hydrogens (tertiary/aromatic N) is 1. The van der Waals surface area contributed by atoms with Gasteiger partial charge in [-0.3, -0.25) is 9.59 Å². The molecule has 0 spiro atoms. The Labute approximate surface area is 152 Å². The predicted molar refractivity (Wildman–Crippen MR) is 95.6 cm³/mol. The fourth-order valence-corrected chi connectivity index (χ4v) is 2.81. The van der Waals surface area contributed by atoms with E-state index in [4.69, 9.17) is 9.47 Å². The summed E-state index contributed by atoms with van der Waals surface area (Å²) >= 11 is 0. The number of rotatable bonds is 7. The second kappa shape index (κ2) is 8.47. The van der Waals surface area contributed by atoms with E-state index in [2.05, 4.69) is 10.3 Å². The van der Waals surface area contributed by atoms with E-state index in [9.17, 15) is 9.59 Å². The molecular formula is C20H22N2O4. The van der Waals surface area contributed by atoms with Crippen molar-refractivity contribution in [2.75, 3.05) is 6.61 Å². The summed E-state index contributed by atoms with van der Waals surface area (Å²) in [6.07, 6.45) is 3.17. The van der Waals surface area contributed by atoms with E-state index in [0.717, 1.165) is 16.9 Å². The zero-order valence-corrected chi connectivity index (χ0v) is 14.7. The molecule has 1 amide bonds. The number of aromatic nitrogens is 1. The lowest BCUT2D eigenvalue weighted by Gasteiger charge is -2.12. The van der Waals surface area contributed by atoms with Gasteiger partial charge < -0.3 is 14.8 Å². The number of aryl methyl sites for hydroxylation is 1. The fraction of sp³-hybridized carbons (Fsp3) is 0.350. The van der Waals surface area contributed by atoms with Crippen LogP contribution in [0.5, 0.6) is 11.6 Å². The van der Waals surface area contributed by atoms with Crippen LogP contribution in [0.25, 0.3) is 0 Å². The van der Waals surface area contributed by atoms with E-state index in [1.807, 2.05) is 37.3 Å². The van der Waals surface area contributed by atoms with Crippen LogP contribution in [0.3, 0.4) is 0 Å². The number of carbonyl (C=O) groups is 2. The Morgan fingerprint density at radius 1 is 1.31 bits per heavy atom. The van der Waals surface area contributed by atoms with Crippen molar-refractivity contribution >= 4 is 11.9 Å². The highest BCUT2D eigenvalue weighted by Crippen LogP contribution is 2.25. The van der Waals surface area contributed by atoms with E-state index in [-0.39, 0.29) is 17.8 Å². The molecule has 0 bridgehead atoms. The first kappa shape index (κ1) is 17.9. The van der Waals surface area contributed by atoms with E-state index >= 15 is 0 Å². The zero-order chi connectivity index (χ0) is 18.4. The number of esters is 1. The maximum Gasteiger partial charge on any atom is 0.309 e. The molecule has 2 heterocycles. The van der Waals surface area contributed by atoms with Crippen molar-refractivity contribution < 1.29 is 19.1 Å². The summed E-state index contributed by atoms with van der Waals surface area (Å²) in [4.78, 5) is 27.8. The predicted octanol–water partition coefficient (Wildman–Crippen LogP) is 3.14. The first-order chi connectivity index (χ1) is 12.6. The molecule has 0 saturated carbocycles. The van der Waals surface area contributed by atoms with Crippen LogP contribution >= 0.6 is 0 Å². The second-order valence-electron chi connectivity index (χ2n) is 6.30. The van der Waals surface area contributed by atoms with E-state index in [1.54, 1.807) is 12.3 Å². The molecule has 136 valence electrons. The number of amides is 1. The Hall–Kier alpha value is -2.89. The molecule has 1 aliphatic heterocycles. The van der Waals surface area contributed by atoms with Gasteiger partial charge in [0.15, 0.2) is 0 Å². The molecule has 1 unspecified atom stereocenters. The molecule has 1 N–H and O–H groups in total. The van der Waals surface area contributed by atoms with Crippen molar-refractivity contribution in [2.45, 2.75) is 32.7 Å². The van der Waals surface area contributed by atoms with Gasteiger partial charge in [0.05, 0.1) is 12.5 Å². The highest BCUT2D eigenvalue weighted by molar-refractivity contribution is 5.78. The van der Waals surface area contributed by atoms with Gasteiger partial charge in [-0.2, -0.15) is 0 Å². The van der Waals surface area contributed by atoms with Gasteiger partial charge in [-0.15, -0.1) is 0 Å². The summed E-state index contributed by atoms with van der Waals surface area (Å²) in [7, 11) is 0. The smallest absolute Gasteiger partial charge is 0.309 e. The molecule has 1 aromatic carbocycles. The maximum absolute atomic E-state index is 12.1. The Kier molecular flexibility index (Phi) is 5.84.